The van der Waals surface area contributed by atoms with Crippen LogP contribution < -0.4 is 10.6 Å². The lowest BCUT2D eigenvalue weighted by Gasteiger charge is -2.17. The van der Waals surface area contributed by atoms with Crippen molar-refractivity contribution in [2.45, 2.75) is 59.0 Å². The van der Waals surface area contributed by atoms with E-state index in [1.54, 1.807) is 18.4 Å². The molecule has 1 atom stereocenters. The number of guanidine groups is 1. The van der Waals surface area contributed by atoms with Gasteiger partial charge in [-0.1, -0.05) is 26.2 Å². The Morgan fingerprint density at radius 1 is 1.47 bits per heavy atom. The summed E-state index contributed by atoms with van der Waals surface area (Å²) in [6.45, 7) is 7.24. The van der Waals surface area contributed by atoms with Crippen LogP contribution in [-0.2, 0) is 6.54 Å². The van der Waals surface area contributed by atoms with Gasteiger partial charge in [-0.25, -0.2) is 4.98 Å². The molecule has 1 aromatic rings. The second-order valence-electron chi connectivity index (χ2n) is 4.83. The number of hydrogen-bond donors (Lipinski definition) is 2. The number of unbranched alkanes of at least 4 members (excludes halogenated alkanes) is 2. The first-order valence-corrected chi connectivity index (χ1v) is 7.85. The van der Waals surface area contributed by atoms with E-state index in [0.29, 0.717) is 6.04 Å². The highest BCUT2D eigenvalue weighted by molar-refractivity contribution is 7.11. The fourth-order valence-electron chi connectivity index (χ4n) is 1.84. The number of aromatic nitrogens is 1. The van der Waals surface area contributed by atoms with E-state index in [0.717, 1.165) is 17.5 Å². The van der Waals surface area contributed by atoms with Crippen LogP contribution in [0.3, 0.4) is 0 Å². The molecule has 1 heterocycles. The number of hydrogen-bond acceptors (Lipinski definition) is 3. The topological polar surface area (TPSA) is 49.3 Å². The fourth-order valence-corrected chi connectivity index (χ4v) is 2.57. The van der Waals surface area contributed by atoms with Gasteiger partial charge in [-0.05, 0) is 20.3 Å². The molecule has 1 aromatic heterocycles. The van der Waals surface area contributed by atoms with Gasteiger partial charge in [-0.2, -0.15) is 0 Å². The van der Waals surface area contributed by atoms with Crippen LogP contribution in [0.2, 0.25) is 0 Å². The van der Waals surface area contributed by atoms with Gasteiger partial charge in [0.15, 0.2) is 5.96 Å². The number of rotatable bonds is 7. The first-order valence-electron chi connectivity index (χ1n) is 7.04. The van der Waals surface area contributed by atoms with E-state index in [9.17, 15) is 0 Å². The van der Waals surface area contributed by atoms with Gasteiger partial charge < -0.3 is 10.6 Å². The van der Waals surface area contributed by atoms with Gasteiger partial charge in [0.2, 0.25) is 0 Å². The second kappa shape index (κ2) is 8.91. The zero-order chi connectivity index (χ0) is 14.1. The van der Waals surface area contributed by atoms with Crippen molar-refractivity contribution in [3.63, 3.8) is 0 Å². The molecular formula is C14H26N4S. The molecule has 0 radical (unpaired) electrons. The van der Waals surface area contributed by atoms with Gasteiger partial charge in [-0.15, -0.1) is 11.3 Å². The maximum atomic E-state index is 4.34. The van der Waals surface area contributed by atoms with E-state index < -0.39 is 0 Å². The molecule has 1 unspecified atom stereocenters. The third-order valence-electron chi connectivity index (χ3n) is 2.92. The minimum absolute atomic E-state index is 0.454. The smallest absolute Gasteiger partial charge is 0.191 e. The molecule has 19 heavy (non-hydrogen) atoms. The summed E-state index contributed by atoms with van der Waals surface area (Å²) in [6, 6.07) is 0.454. The summed E-state index contributed by atoms with van der Waals surface area (Å²) in [5.74, 6) is 0.858. The fraction of sp³-hybridized carbons (Fsp3) is 0.714. The molecule has 0 saturated carbocycles. The number of nitrogens with zero attached hydrogens (tertiary/aromatic N) is 2. The van der Waals surface area contributed by atoms with Crippen LogP contribution in [0.25, 0.3) is 0 Å². The van der Waals surface area contributed by atoms with Crippen LogP contribution in [0.1, 0.15) is 49.4 Å². The van der Waals surface area contributed by atoms with E-state index in [-0.39, 0.29) is 0 Å². The van der Waals surface area contributed by atoms with Crippen molar-refractivity contribution in [1.82, 2.24) is 15.6 Å². The van der Waals surface area contributed by atoms with Crippen LogP contribution in [0.15, 0.2) is 11.2 Å². The van der Waals surface area contributed by atoms with Crippen molar-refractivity contribution in [3.05, 3.63) is 16.1 Å². The number of aliphatic imine (C=N–C) groups is 1. The minimum Gasteiger partial charge on any atom is -0.354 e. The van der Waals surface area contributed by atoms with Crippen LogP contribution in [0.5, 0.6) is 0 Å². The largest absolute Gasteiger partial charge is 0.354 e. The lowest BCUT2D eigenvalue weighted by molar-refractivity contribution is 0.546. The molecule has 0 fully saturated rings. The molecule has 0 amide bonds. The molecule has 1 rings (SSSR count). The van der Waals surface area contributed by atoms with Crippen LogP contribution >= 0.6 is 11.3 Å². The van der Waals surface area contributed by atoms with Crippen molar-refractivity contribution in [2.75, 3.05) is 7.05 Å². The normalized spacial score (nSPS) is 13.4. The molecule has 5 heteroatoms. The molecule has 0 bridgehead atoms. The molecule has 0 spiro atoms. The zero-order valence-corrected chi connectivity index (χ0v) is 13.3. The Balaban J connectivity index is 2.29. The summed E-state index contributed by atoms with van der Waals surface area (Å²) in [5, 5.41) is 7.82. The second-order valence-corrected chi connectivity index (χ2v) is 6.15. The molecular weight excluding hydrogens is 256 g/mol. The third-order valence-corrected chi connectivity index (χ3v) is 3.84. The summed E-state index contributed by atoms with van der Waals surface area (Å²) in [5.41, 5.74) is 0. The summed E-state index contributed by atoms with van der Waals surface area (Å²) in [6.07, 6.45) is 6.93. The molecule has 4 nitrogen and oxygen atoms in total. The van der Waals surface area contributed by atoms with Crippen molar-refractivity contribution in [2.24, 2.45) is 4.99 Å². The summed E-state index contributed by atoms with van der Waals surface area (Å²) in [4.78, 5) is 9.83. The summed E-state index contributed by atoms with van der Waals surface area (Å²) < 4.78 is 0. The lowest BCUT2D eigenvalue weighted by Crippen LogP contribution is -2.41. The summed E-state index contributed by atoms with van der Waals surface area (Å²) >= 11 is 1.72. The highest BCUT2D eigenvalue weighted by atomic mass is 32.1. The van der Waals surface area contributed by atoms with E-state index >= 15 is 0 Å². The predicted molar refractivity (Wildman–Crippen MR) is 83.8 cm³/mol. The Kier molecular flexibility index (Phi) is 7.48. The standard InChI is InChI=1S/C14H26N4S/c1-5-6-7-8-11(2)18-14(15-4)17-10-13-16-9-12(3)19-13/h9,11H,5-8,10H2,1-4H3,(H2,15,17,18). The average molecular weight is 282 g/mol. The maximum Gasteiger partial charge on any atom is 0.191 e. The number of thiazole rings is 1. The Morgan fingerprint density at radius 2 is 2.26 bits per heavy atom. The molecule has 0 saturated heterocycles. The van der Waals surface area contributed by atoms with Gasteiger partial charge in [0.25, 0.3) is 0 Å². The van der Waals surface area contributed by atoms with E-state index in [4.69, 9.17) is 0 Å². The molecule has 0 aromatic carbocycles. The van der Waals surface area contributed by atoms with Gasteiger partial charge in [0, 0.05) is 24.2 Å². The summed E-state index contributed by atoms with van der Waals surface area (Å²) in [7, 11) is 1.81. The highest BCUT2D eigenvalue weighted by Gasteiger charge is 2.05. The van der Waals surface area contributed by atoms with Gasteiger partial charge in [0.1, 0.15) is 5.01 Å². The quantitative estimate of drug-likeness (QED) is 0.459. The molecule has 0 aliphatic rings. The molecule has 108 valence electrons. The van der Waals surface area contributed by atoms with Crippen molar-refractivity contribution in [1.29, 1.82) is 0 Å². The van der Waals surface area contributed by atoms with Crippen LogP contribution in [-0.4, -0.2) is 24.0 Å². The van der Waals surface area contributed by atoms with Crippen molar-refractivity contribution in [3.8, 4) is 0 Å². The van der Waals surface area contributed by atoms with Gasteiger partial charge >= 0.3 is 0 Å². The van der Waals surface area contributed by atoms with Crippen molar-refractivity contribution < 1.29 is 0 Å². The first kappa shape index (κ1) is 16.0. The van der Waals surface area contributed by atoms with E-state index in [1.807, 2.05) is 6.20 Å². The lowest BCUT2D eigenvalue weighted by atomic mass is 10.1. The van der Waals surface area contributed by atoms with Gasteiger partial charge in [0.05, 0.1) is 6.54 Å². The number of aryl methyl sites for hydroxylation is 1. The van der Waals surface area contributed by atoms with Gasteiger partial charge in [-0.3, -0.25) is 4.99 Å². The Morgan fingerprint density at radius 3 is 2.84 bits per heavy atom. The van der Waals surface area contributed by atoms with Crippen molar-refractivity contribution >= 4 is 17.3 Å². The third kappa shape index (κ3) is 6.57. The van der Waals surface area contributed by atoms with Crippen LogP contribution in [0, 0.1) is 6.92 Å². The Bertz CT molecular complexity index is 387. The Hall–Kier alpha value is -1.10. The Labute approximate surface area is 120 Å². The maximum absolute atomic E-state index is 4.34. The van der Waals surface area contributed by atoms with E-state index in [1.165, 1.54) is 30.6 Å². The van der Waals surface area contributed by atoms with E-state index in [2.05, 4.69) is 41.4 Å². The highest BCUT2D eigenvalue weighted by Crippen LogP contribution is 2.10. The predicted octanol–water partition coefficient (Wildman–Crippen LogP) is 3.09. The zero-order valence-electron chi connectivity index (χ0n) is 12.5. The SMILES string of the molecule is CCCCCC(C)NC(=NC)NCc1ncc(C)s1. The molecule has 2 N–H and O–H groups in total. The molecule has 0 aliphatic carbocycles. The first-order chi connectivity index (χ1) is 9.15. The monoisotopic (exact) mass is 282 g/mol. The minimum atomic E-state index is 0.454. The molecule has 0 aliphatic heterocycles. The average Bonchev–Trinajstić information content (AvgIpc) is 2.80. The number of nitrogens with one attached hydrogen (secondary N) is 2. The van der Waals surface area contributed by atoms with Crippen LogP contribution in [0.4, 0.5) is 0 Å².